The maximum Gasteiger partial charge on any atom is 0.251 e. The van der Waals surface area contributed by atoms with Gasteiger partial charge >= 0.3 is 0 Å². The molecule has 174 valence electrons. The zero-order chi connectivity index (χ0) is 23.5. The van der Waals surface area contributed by atoms with Crippen LogP contribution in [0.15, 0.2) is 54.7 Å². The Morgan fingerprint density at radius 3 is 2.32 bits per heavy atom. The van der Waals surface area contributed by atoms with Crippen LogP contribution in [0, 0.1) is 9.49 Å². The summed E-state index contributed by atoms with van der Waals surface area (Å²) in [6.45, 7) is 0. The highest BCUT2D eigenvalue weighted by atomic mass is 127. The number of carbonyl (C=O) groups excluding carboxylic acids is 2. The smallest absolute Gasteiger partial charge is 0.251 e. The number of hydrogen-bond acceptors (Lipinski definition) is 6. The standard InChI is InChI=1S/C25H25IN6O2/c26-19-14-27-25(29-18-12-10-16(11-13-18)23(33)28-17-4-3-5-17)32-22(19)30-20-6-1-2-7-21(20)31-24(34)15-8-9-15/h1-2,6-7,10-15,17H,3-5,8-9H2,(H,28,33)(H,31,34)(H2,27,29,30,32). The lowest BCUT2D eigenvalue weighted by Gasteiger charge is -2.26. The number of amides is 2. The second-order valence-corrected chi connectivity index (χ2v) is 9.79. The zero-order valence-electron chi connectivity index (χ0n) is 18.5. The van der Waals surface area contributed by atoms with Crippen molar-refractivity contribution in [1.82, 2.24) is 15.3 Å². The van der Waals surface area contributed by atoms with Crippen molar-refractivity contribution in [1.29, 1.82) is 0 Å². The van der Waals surface area contributed by atoms with Gasteiger partial charge in [-0.1, -0.05) is 12.1 Å². The largest absolute Gasteiger partial charge is 0.349 e. The summed E-state index contributed by atoms with van der Waals surface area (Å²) in [5.41, 5.74) is 2.90. The van der Waals surface area contributed by atoms with E-state index in [0.717, 1.165) is 46.3 Å². The zero-order valence-corrected chi connectivity index (χ0v) is 20.6. The molecule has 2 amide bonds. The fourth-order valence-corrected chi connectivity index (χ4v) is 3.97. The Labute approximate surface area is 211 Å². The number of nitrogens with one attached hydrogen (secondary N) is 4. The second-order valence-electron chi connectivity index (χ2n) is 8.63. The van der Waals surface area contributed by atoms with E-state index < -0.39 is 0 Å². The van der Waals surface area contributed by atoms with Gasteiger partial charge in [-0.3, -0.25) is 9.59 Å². The van der Waals surface area contributed by atoms with Crippen LogP contribution in [-0.4, -0.2) is 27.8 Å². The number of rotatable bonds is 8. The first-order valence-electron chi connectivity index (χ1n) is 11.4. The van der Waals surface area contributed by atoms with Crippen LogP contribution in [-0.2, 0) is 4.79 Å². The minimum absolute atomic E-state index is 0.0410. The average molecular weight is 568 g/mol. The molecule has 34 heavy (non-hydrogen) atoms. The molecule has 5 rings (SSSR count). The summed E-state index contributed by atoms with van der Waals surface area (Å²) in [4.78, 5) is 33.5. The van der Waals surface area contributed by atoms with Crippen molar-refractivity contribution in [2.45, 2.75) is 38.1 Å². The average Bonchev–Trinajstić information content (AvgIpc) is 3.66. The molecular formula is C25H25IN6O2. The highest BCUT2D eigenvalue weighted by Crippen LogP contribution is 2.33. The van der Waals surface area contributed by atoms with Crippen LogP contribution in [0.5, 0.6) is 0 Å². The molecule has 0 atom stereocenters. The van der Waals surface area contributed by atoms with E-state index in [9.17, 15) is 9.59 Å². The first-order chi connectivity index (χ1) is 16.5. The van der Waals surface area contributed by atoms with Gasteiger partial charge in [0.2, 0.25) is 11.9 Å². The molecule has 1 heterocycles. The minimum atomic E-state index is -0.0410. The summed E-state index contributed by atoms with van der Waals surface area (Å²) >= 11 is 2.17. The van der Waals surface area contributed by atoms with Crippen molar-refractivity contribution in [3.8, 4) is 0 Å². The van der Waals surface area contributed by atoms with E-state index in [4.69, 9.17) is 0 Å². The van der Waals surface area contributed by atoms with E-state index in [2.05, 4.69) is 53.8 Å². The lowest BCUT2D eigenvalue weighted by molar-refractivity contribution is -0.117. The molecule has 1 aromatic heterocycles. The minimum Gasteiger partial charge on any atom is -0.349 e. The Balaban J connectivity index is 1.27. The van der Waals surface area contributed by atoms with Gasteiger partial charge in [-0.2, -0.15) is 4.98 Å². The summed E-state index contributed by atoms with van der Waals surface area (Å²) in [5.74, 6) is 1.19. The number of halogens is 1. The molecule has 2 aliphatic carbocycles. The second kappa shape index (κ2) is 9.96. The molecule has 9 heteroatoms. The summed E-state index contributed by atoms with van der Waals surface area (Å²) < 4.78 is 0.842. The highest BCUT2D eigenvalue weighted by Gasteiger charge is 2.30. The SMILES string of the molecule is O=C(NC1CCC1)c1ccc(Nc2ncc(I)c(Nc3ccccc3NC(=O)C3CC3)n2)cc1. The predicted octanol–water partition coefficient (Wildman–Crippen LogP) is 5.20. The Morgan fingerprint density at radius 2 is 1.65 bits per heavy atom. The van der Waals surface area contributed by atoms with Crippen LogP contribution in [0.4, 0.5) is 28.8 Å². The van der Waals surface area contributed by atoms with Crippen LogP contribution in [0.3, 0.4) is 0 Å². The van der Waals surface area contributed by atoms with Crippen molar-refractivity contribution >= 4 is 63.2 Å². The van der Waals surface area contributed by atoms with Crippen LogP contribution >= 0.6 is 22.6 Å². The van der Waals surface area contributed by atoms with Gasteiger partial charge in [0.25, 0.3) is 5.91 Å². The van der Waals surface area contributed by atoms with E-state index in [1.807, 2.05) is 36.4 Å². The molecular weight excluding hydrogens is 543 g/mol. The van der Waals surface area contributed by atoms with Crippen molar-refractivity contribution < 1.29 is 9.59 Å². The molecule has 0 bridgehead atoms. The number of hydrogen-bond donors (Lipinski definition) is 4. The molecule has 3 aromatic rings. The third kappa shape index (κ3) is 5.46. The van der Waals surface area contributed by atoms with Crippen LogP contribution in [0.1, 0.15) is 42.5 Å². The van der Waals surface area contributed by atoms with Crippen molar-refractivity contribution in [3.63, 3.8) is 0 Å². The van der Waals surface area contributed by atoms with Gasteiger partial charge in [0.15, 0.2) is 0 Å². The fraction of sp³-hybridized carbons (Fsp3) is 0.280. The maximum atomic E-state index is 12.3. The first-order valence-corrected chi connectivity index (χ1v) is 12.5. The van der Waals surface area contributed by atoms with Gasteiger partial charge in [-0.25, -0.2) is 4.98 Å². The van der Waals surface area contributed by atoms with Gasteiger partial charge in [0.1, 0.15) is 5.82 Å². The molecule has 4 N–H and O–H groups in total. The third-order valence-corrected chi connectivity index (χ3v) is 6.76. The van der Waals surface area contributed by atoms with Gasteiger partial charge in [0, 0.05) is 29.4 Å². The predicted molar refractivity (Wildman–Crippen MR) is 141 cm³/mol. The Morgan fingerprint density at radius 1 is 0.912 bits per heavy atom. The molecule has 0 unspecified atom stereocenters. The topological polar surface area (TPSA) is 108 Å². The summed E-state index contributed by atoms with van der Waals surface area (Å²) in [7, 11) is 0. The molecule has 2 aromatic carbocycles. The molecule has 8 nitrogen and oxygen atoms in total. The van der Waals surface area contributed by atoms with E-state index in [-0.39, 0.29) is 17.7 Å². The Bertz CT molecular complexity index is 1210. The lowest BCUT2D eigenvalue weighted by atomic mass is 9.93. The fourth-order valence-electron chi connectivity index (χ4n) is 3.58. The molecule has 2 fully saturated rings. The van der Waals surface area contributed by atoms with E-state index in [0.29, 0.717) is 23.4 Å². The number of anilines is 5. The summed E-state index contributed by atoms with van der Waals surface area (Å²) in [6, 6.07) is 15.2. The quantitative estimate of drug-likeness (QED) is 0.279. The van der Waals surface area contributed by atoms with Crippen molar-refractivity contribution in [2.24, 2.45) is 5.92 Å². The van der Waals surface area contributed by atoms with Crippen LogP contribution in [0.25, 0.3) is 0 Å². The molecule has 2 saturated carbocycles. The van der Waals surface area contributed by atoms with Gasteiger partial charge in [-0.15, -0.1) is 0 Å². The molecule has 2 aliphatic rings. The Hall–Kier alpha value is -3.21. The van der Waals surface area contributed by atoms with E-state index >= 15 is 0 Å². The number of para-hydroxylation sites is 2. The number of aromatic nitrogens is 2. The highest BCUT2D eigenvalue weighted by molar-refractivity contribution is 14.1. The number of benzene rings is 2. The van der Waals surface area contributed by atoms with Crippen LogP contribution in [0.2, 0.25) is 0 Å². The first kappa shape index (κ1) is 22.6. The van der Waals surface area contributed by atoms with Gasteiger partial charge in [0.05, 0.1) is 14.9 Å². The van der Waals surface area contributed by atoms with Gasteiger partial charge < -0.3 is 21.3 Å². The molecule has 0 spiro atoms. The number of carbonyl (C=O) groups is 2. The van der Waals surface area contributed by atoms with Crippen LogP contribution < -0.4 is 21.3 Å². The Kier molecular flexibility index (Phi) is 6.61. The molecule has 0 radical (unpaired) electrons. The lowest BCUT2D eigenvalue weighted by Crippen LogP contribution is -2.39. The molecule has 0 saturated heterocycles. The normalized spacial score (nSPS) is 15.2. The summed E-state index contributed by atoms with van der Waals surface area (Å²) in [5, 5.41) is 12.6. The third-order valence-electron chi connectivity index (χ3n) is 5.97. The van der Waals surface area contributed by atoms with E-state index in [1.165, 1.54) is 6.42 Å². The maximum absolute atomic E-state index is 12.3. The van der Waals surface area contributed by atoms with E-state index in [1.54, 1.807) is 18.3 Å². The summed E-state index contributed by atoms with van der Waals surface area (Å²) in [6.07, 6.45) is 6.93. The monoisotopic (exact) mass is 568 g/mol. The van der Waals surface area contributed by atoms with Crippen molar-refractivity contribution in [3.05, 3.63) is 63.9 Å². The van der Waals surface area contributed by atoms with Gasteiger partial charge in [-0.05, 0) is 91.1 Å². The van der Waals surface area contributed by atoms with Crippen molar-refractivity contribution in [2.75, 3.05) is 16.0 Å². The molecule has 0 aliphatic heterocycles. The number of nitrogens with zero attached hydrogens (tertiary/aromatic N) is 2.